The smallest absolute Gasteiger partial charge is 0.213 e. The van der Waals surface area contributed by atoms with Gasteiger partial charge in [-0.2, -0.15) is 4.39 Å². The van der Waals surface area contributed by atoms with Crippen molar-refractivity contribution in [2.45, 2.75) is 6.92 Å². The third-order valence-electron chi connectivity index (χ3n) is 2.18. The van der Waals surface area contributed by atoms with E-state index in [4.69, 9.17) is 0 Å². The molecule has 70 valence electrons. The van der Waals surface area contributed by atoms with Crippen molar-refractivity contribution in [1.82, 2.24) is 4.98 Å². The number of hydrogen-bond donors (Lipinski definition) is 0. The zero-order valence-corrected chi connectivity index (χ0v) is 7.87. The van der Waals surface area contributed by atoms with E-state index in [9.17, 15) is 4.39 Å². The van der Waals surface area contributed by atoms with Crippen molar-refractivity contribution < 1.29 is 4.39 Å². The van der Waals surface area contributed by atoms with Gasteiger partial charge < -0.3 is 0 Å². The first-order valence-electron chi connectivity index (χ1n) is 4.45. The number of benzene rings is 1. The van der Waals surface area contributed by atoms with E-state index in [0.717, 1.165) is 16.7 Å². The van der Waals surface area contributed by atoms with Gasteiger partial charge in [0.15, 0.2) is 0 Å². The second kappa shape index (κ2) is 3.58. The summed E-state index contributed by atoms with van der Waals surface area (Å²) in [4.78, 5) is 3.53. The van der Waals surface area contributed by atoms with Crippen LogP contribution in [0.4, 0.5) is 4.39 Å². The molecule has 1 aromatic carbocycles. The molecule has 1 nitrogen and oxygen atoms in total. The van der Waals surface area contributed by atoms with Crippen LogP contribution in [-0.2, 0) is 0 Å². The number of pyridine rings is 1. The van der Waals surface area contributed by atoms with Gasteiger partial charge in [0.05, 0.1) is 0 Å². The highest BCUT2D eigenvalue weighted by atomic mass is 19.1. The molecule has 0 radical (unpaired) electrons. The fourth-order valence-corrected chi connectivity index (χ4v) is 1.47. The van der Waals surface area contributed by atoms with Gasteiger partial charge in [0.1, 0.15) is 0 Å². The number of halogens is 1. The van der Waals surface area contributed by atoms with Gasteiger partial charge in [0, 0.05) is 12.3 Å². The number of aromatic nitrogens is 1. The van der Waals surface area contributed by atoms with Gasteiger partial charge in [-0.05, 0) is 29.7 Å². The lowest BCUT2D eigenvalue weighted by atomic mass is 10.0. The predicted molar refractivity (Wildman–Crippen MR) is 54.4 cm³/mol. The van der Waals surface area contributed by atoms with E-state index in [2.05, 4.69) is 4.98 Å². The minimum Gasteiger partial charge on any atom is -0.228 e. The molecule has 2 rings (SSSR count). The third-order valence-corrected chi connectivity index (χ3v) is 2.18. The lowest BCUT2D eigenvalue weighted by Gasteiger charge is -2.04. The average molecular weight is 187 g/mol. The Morgan fingerprint density at radius 2 is 1.93 bits per heavy atom. The molecule has 0 aliphatic heterocycles. The monoisotopic (exact) mass is 187 g/mol. The number of aryl methyl sites for hydroxylation is 1. The first-order valence-corrected chi connectivity index (χ1v) is 4.45. The van der Waals surface area contributed by atoms with E-state index in [-0.39, 0.29) is 0 Å². The summed E-state index contributed by atoms with van der Waals surface area (Å²) in [6.07, 6.45) is 1.48. The van der Waals surface area contributed by atoms with E-state index in [0.29, 0.717) is 0 Å². The quantitative estimate of drug-likeness (QED) is 0.625. The Bertz CT molecular complexity index is 452. The van der Waals surface area contributed by atoms with Gasteiger partial charge in [0.2, 0.25) is 5.95 Å². The Labute approximate surface area is 82.2 Å². The summed E-state index contributed by atoms with van der Waals surface area (Å²) in [5.41, 5.74) is 3.06. The Balaban J connectivity index is 2.55. The van der Waals surface area contributed by atoms with Crippen molar-refractivity contribution in [2.24, 2.45) is 0 Å². The lowest BCUT2D eigenvalue weighted by Crippen LogP contribution is -1.86. The van der Waals surface area contributed by atoms with Crippen molar-refractivity contribution in [3.8, 4) is 11.1 Å². The van der Waals surface area contributed by atoms with E-state index < -0.39 is 5.95 Å². The Morgan fingerprint density at radius 3 is 2.64 bits per heavy atom. The summed E-state index contributed by atoms with van der Waals surface area (Å²) < 4.78 is 12.9. The highest BCUT2D eigenvalue weighted by Crippen LogP contribution is 2.22. The largest absolute Gasteiger partial charge is 0.228 e. The molecule has 0 unspecified atom stereocenters. The Hall–Kier alpha value is -1.70. The second-order valence-electron chi connectivity index (χ2n) is 3.18. The Kier molecular flexibility index (Phi) is 2.27. The van der Waals surface area contributed by atoms with Gasteiger partial charge in [-0.3, -0.25) is 0 Å². The van der Waals surface area contributed by atoms with Crippen molar-refractivity contribution >= 4 is 0 Å². The van der Waals surface area contributed by atoms with Crippen LogP contribution >= 0.6 is 0 Å². The molecule has 1 heterocycles. The predicted octanol–water partition coefficient (Wildman–Crippen LogP) is 3.20. The normalized spacial score (nSPS) is 10.1. The van der Waals surface area contributed by atoms with E-state index in [1.807, 2.05) is 37.3 Å². The minimum absolute atomic E-state index is 0.439. The fourth-order valence-electron chi connectivity index (χ4n) is 1.47. The van der Waals surface area contributed by atoms with Crippen LogP contribution in [0.2, 0.25) is 0 Å². The van der Waals surface area contributed by atoms with Crippen LogP contribution in [0, 0.1) is 12.9 Å². The van der Waals surface area contributed by atoms with Crippen LogP contribution in [0.3, 0.4) is 0 Å². The highest BCUT2D eigenvalue weighted by Gasteiger charge is 2.01. The van der Waals surface area contributed by atoms with E-state index in [1.165, 1.54) is 12.3 Å². The van der Waals surface area contributed by atoms with Gasteiger partial charge in [0.25, 0.3) is 0 Å². The van der Waals surface area contributed by atoms with Crippen LogP contribution in [-0.4, -0.2) is 4.98 Å². The molecular weight excluding hydrogens is 177 g/mol. The van der Waals surface area contributed by atoms with Crippen molar-refractivity contribution in [3.63, 3.8) is 0 Å². The standard InChI is InChI=1S/C12H10FN/c1-9-4-2-3-5-11(9)10-6-7-14-12(13)8-10/h2-8H,1H3. The molecule has 0 fully saturated rings. The van der Waals surface area contributed by atoms with Gasteiger partial charge in [-0.1, -0.05) is 24.3 Å². The molecule has 0 amide bonds. The van der Waals surface area contributed by atoms with Crippen molar-refractivity contribution in [3.05, 3.63) is 54.1 Å². The molecule has 0 aliphatic carbocycles. The zero-order chi connectivity index (χ0) is 9.97. The van der Waals surface area contributed by atoms with Crippen LogP contribution in [0.5, 0.6) is 0 Å². The first-order chi connectivity index (χ1) is 6.77. The summed E-state index contributed by atoms with van der Waals surface area (Å²) in [5, 5.41) is 0. The maximum Gasteiger partial charge on any atom is 0.213 e. The Morgan fingerprint density at radius 1 is 1.14 bits per heavy atom. The molecule has 0 spiro atoms. The van der Waals surface area contributed by atoms with Crippen LogP contribution in [0.1, 0.15) is 5.56 Å². The molecule has 1 aromatic heterocycles. The first kappa shape index (κ1) is 8.88. The minimum atomic E-state index is -0.439. The van der Waals surface area contributed by atoms with Crippen molar-refractivity contribution in [1.29, 1.82) is 0 Å². The molecule has 2 heteroatoms. The molecule has 0 saturated heterocycles. The molecule has 2 aromatic rings. The average Bonchev–Trinajstić information content (AvgIpc) is 2.18. The number of hydrogen-bond acceptors (Lipinski definition) is 1. The molecule has 0 saturated carbocycles. The van der Waals surface area contributed by atoms with E-state index in [1.54, 1.807) is 0 Å². The lowest BCUT2D eigenvalue weighted by molar-refractivity contribution is 0.584. The van der Waals surface area contributed by atoms with Crippen LogP contribution in [0.25, 0.3) is 11.1 Å². The summed E-state index contributed by atoms with van der Waals surface area (Å²) in [5.74, 6) is -0.439. The summed E-state index contributed by atoms with van der Waals surface area (Å²) in [7, 11) is 0. The number of rotatable bonds is 1. The van der Waals surface area contributed by atoms with Gasteiger partial charge in [-0.25, -0.2) is 4.98 Å². The molecule has 0 bridgehead atoms. The molecule has 0 atom stereocenters. The SMILES string of the molecule is Cc1ccccc1-c1ccnc(F)c1. The zero-order valence-electron chi connectivity index (χ0n) is 7.87. The fraction of sp³-hybridized carbons (Fsp3) is 0.0833. The van der Waals surface area contributed by atoms with Gasteiger partial charge in [-0.15, -0.1) is 0 Å². The maximum atomic E-state index is 12.9. The van der Waals surface area contributed by atoms with Crippen molar-refractivity contribution in [2.75, 3.05) is 0 Å². The molecule has 0 aliphatic rings. The van der Waals surface area contributed by atoms with E-state index >= 15 is 0 Å². The molecular formula is C12H10FN. The third kappa shape index (κ3) is 1.64. The maximum absolute atomic E-state index is 12.9. The summed E-state index contributed by atoms with van der Waals surface area (Å²) in [6, 6.07) is 11.2. The van der Waals surface area contributed by atoms with Crippen LogP contribution in [0.15, 0.2) is 42.6 Å². The summed E-state index contributed by atoms with van der Waals surface area (Å²) in [6.45, 7) is 2.01. The summed E-state index contributed by atoms with van der Waals surface area (Å²) >= 11 is 0. The second-order valence-corrected chi connectivity index (χ2v) is 3.18. The molecule has 14 heavy (non-hydrogen) atoms. The van der Waals surface area contributed by atoms with Crippen LogP contribution < -0.4 is 0 Å². The number of nitrogens with zero attached hydrogens (tertiary/aromatic N) is 1. The highest BCUT2D eigenvalue weighted by molar-refractivity contribution is 5.66. The topological polar surface area (TPSA) is 12.9 Å². The molecule has 0 N–H and O–H groups in total. The van der Waals surface area contributed by atoms with Gasteiger partial charge >= 0.3 is 0 Å².